The van der Waals surface area contributed by atoms with Gasteiger partial charge >= 0.3 is 6.01 Å². The number of hydrogen-bond donors (Lipinski definition) is 1. The van der Waals surface area contributed by atoms with Gasteiger partial charge in [0.2, 0.25) is 0 Å². The minimum atomic E-state index is -0.802. The average Bonchev–Trinajstić information content (AvgIpc) is 3.36. The number of nitrogens with zero attached hydrogens (tertiary/aromatic N) is 3. The Bertz CT molecular complexity index is 1120. The van der Waals surface area contributed by atoms with Crippen LogP contribution in [0.2, 0.25) is 0 Å². The van der Waals surface area contributed by atoms with E-state index in [1.165, 1.54) is 18.0 Å². The van der Waals surface area contributed by atoms with Crippen LogP contribution in [0.1, 0.15) is 13.3 Å². The van der Waals surface area contributed by atoms with Gasteiger partial charge in [-0.15, -0.1) is 0 Å². The van der Waals surface area contributed by atoms with Gasteiger partial charge in [-0.1, -0.05) is 24.3 Å². The van der Waals surface area contributed by atoms with Crippen LogP contribution in [0.15, 0.2) is 64.3 Å². The summed E-state index contributed by atoms with van der Waals surface area (Å²) in [6, 6.07) is 11.6. The zero-order valence-corrected chi connectivity index (χ0v) is 15.8. The number of para-hydroxylation sites is 1. The second-order valence-electron chi connectivity index (χ2n) is 6.65. The number of oxazole rings is 1. The van der Waals surface area contributed by atoms with Crippen molar-refractivity contribution in [2.75, 3.05) is 10.3 Å². The lowest BCUT2D eigenvalue weighted by Gasteiger charge is -2.20. The van der Waals surface area contributed by atoms with Gasteiger partial charge in [-0.25, -0.2) is 8.78 Å². The van der Waals surface area contributed by atoms with Crippen LogP contribution in [-0.2, 0) is 9.59 Å². The summed E-state index contributed by atoms with van der Waals surface area (Å²) in [6.07, 6.45) is 1.15. The number of hydrazone groups is 1. The van der Waals surface area contributed by atoms with Crippen molar-refractivity contribution in [1.82, 2.24) is 4.98 Å². The molecule has 1 N–H and O–H groups in total. The standard InChI is InChI=1S/C21H16F2N4O3/c1-12(28)18-10-16(26-27(18)13-6-3-2-4-7-13)20(29)25-21-24-17(11-30-21)19-14(22)8-5-9-15(19)23/h2-9,11,18H,10H2,1H3,(H,24,25,29)/t18-/m1/s1. The van der Waals surface area contributed by atoms with Crippen molar-refractivity contribution in [3.63, 3.8) is 0 Å². The molecule has 2 heterocycles. The molecule has 1 aliphatic rings. The maximum Gasteiger partial charge on any atom is 0.302 e. The highest BCUT2D eigenvalue weighted by Crippen LogP contribution is 2.28. The van der Waals surface area contributed by atoms with E-state index in [1.54, 1.807) is 24.3 Å². The molecule has 30 heavy (non-hydrogen) atoms. The number of anilines is 2. The van der Waals surface area contributed by atoms with Gasteiger partial charge in [-0.05, 0) is 31.2 Å². The fraction of sp³-hybridized carbons (Fsp3) is 0.143. The second kappa shape index (κ2) is 7.86. The molecule has 1 atom stereocenters. The molecule has 1 aromatic heterocycles. The first-order chi connectivity index (χ1) is 14.4. The van der Waals surface area contributed by atoms with E-state index in [4.69, 9.17) is 4.42 Å². The maximum atomic E-state index is 13.9. The van der Waals surface area contributed by atoms with Crippen LogP contribution >= 0.6 is 0 Å². The van der Waals surface area contributed by atoms with Crippen molar-refractivity contribution in [2.24, 2.45) is 5.10 Å². The molecule has 0 fully saturated rings. The molecule has 0 radical (unpaired) electrons. The third-order valence-electron chi connectivity index (χ3n) is 4.61. The zero-order chi connectivity index (χ0) is 21.3. The Morgan fingerprint density at radius 1 is 1.10 bits per heavy atom. The Morgan fingerprint density at radius 2 is 1.80 bits per heavy atom. The quantitative estimate of drug-likeness (QED) is 0.692. The fourth-order valence-electron chi connectivity index (χ4n) is 3.14. The number of carbonyl (C=O) groups excluding carboxylic acids is 2. The highest BCUT2D eigenvalue weighted by molar-refractivity contribution is 6.44. The molecular weight excluding hydrogens is 394 g/mol. The number of amides is 1. The molecule has 1 aliphatic heterocycles. The number of hydrogen-bond acceptors (Lipinski definition) is 6. The van der Waals surface area contributed by atoms with E-state index in [9.17, 15) is 18.4 Å². The molecule has 7 nitrogen and oxygen atoms in total. The molecule has 2 aromatic carbocycles. The van der Waals surface area contributed by atoms with Gasteiger partial charge in [0.15, 0.2) is 5.78 Å². The lowest BCUT2D eigenvalue weighted by atomic mass is 10.1. The summed E-state index contributed by atoms with van der Waals surface area (Å²) < 4.78 is 33.0. The molecule has 3 aromatic rings. The number of halogens is 2. The van der Waals surface area contributed by atoms with E-state index in [0.29, 0.717) is 5.69 Å². The summed E-state index contributed by atoms with van der Waals surface area (Å²) in [5.74, 6) is -2.37. The largest absolute Gasteiger partial charge is 0.431 e. The normalized spacial score (nSPS) is 15.8. The molecule has 0 unspecified atom stereocenters. The van der Waals surface area contributed by atoms with E-state index in [1.807, 2.05) is 6.07 Å². The monoisotopic (exact) mass is 410 g/mol. The number of rotatable bonds is 5. The van der Waals surface area contributed by atoms with Crippen LogP contribution in [0.4, 0.5) is 20.5 Å². The van der Waals surface area contributed by atoms with Gasteiger partial charge in [0, 0.05) is 6.42 Å². The number of ketones is 1. The van der Waals surface area contributed by atoms with E-state index in [0.717, 1.165) is 18.4 Å². The first-order valence-electron chi connectivity index (χ1n) is 9.07. The molecule has 9 heteroatoms. The van der Waals surface area contributed by atoms with Crippen LogP contribution < -0.4 is 10.3 Å². The first-order valence-corrected chi connectivity index (χ1v) is 9.07. The minimum absolute atomic E-state index is 0.0956. The van der Waals surface area contributed by atoms with Crippen LogP contribution in [-0.4, -0.2) is 28.4 Å². The SMILES string of the molecule is CC(=O)[C@H]1CC(C(=O)Nc2nc(-c3c(F)cccc3F)co2)=NN1c1ccccc1. The molecule has 0 bridgehead atoms. The average molecular weight is 410 g/mol. The van der Waals surface area contributed by atoms with Gasteiger partial charge in [0.1, 0.15) is 35.3 Å². The van der Waals surface area contributed by atoms with E-state index < -0.39 is 23.6 Å². The van der Waals surface area contributed by atoms with Gasteiger partial charge in [0.05, 0.1) is 11.3 Å². The van der Waals surface area contributed by atoms with Crippen molar-refractivity contribution in [3.8, 4) is 11.3 Å². The van der Waals surface area contributed by atoms with Crippen molar-refractivity contribution >= 4 is 29.1 Å². The van der Waals surface area contributed by atoms with Gasteiger partial charge in [-0.2, -0.15) is 10.1 Å². The highest BCUT2D eigenvalue weighted by atomic mass is 19.1. The molecule has 1 amide bonds. The Labute approximate surface area is 170 Å². The number of carbonyl (C=O) groups is 2. The van der Waals surface area contributed by atoms with Crippen LogP contribution in [0.3, 0.4) is 0 Å². The lowest BCUT2D eigenvalue weighted by Crippen LogP contribution is -2.33. The summed E-state index contributed by atoms with van der Waals surface area (Å²) in [7, 11) is 0. The summed E-state index contributed by atoms with van der Waals surface area (Å²) in [5, 5.41) is 8.19. The highest BCUT2D eigenvalue weighted by Gasteiger charge is 2.34. The molecule has 0 saturated carbocycles. The summed E-state index contributed by atoms with van der Waals surface area (Å²) in [6.45, 7) is 1.43. The molecule has 4 rings (SSSR count). The number of Topliss-reactive ketones (excluding diaryl/α,β-unsaturated/α-hetero) is 1. The summed E-state index contributed by atoms with van der Waals surface area (Å²) in [5.41, 5.74) is 0.332. The lowest BCUT2D eigenvalue weighted by molar-refractivity contribution is -0.118. The molecule has 0 spiro atoms. The Morgan fingerprint density at radius 3 is 2.47 bits per heavy atom. The molecule has 152 valence electrons. The van der Waals surface area contributed by atoms with Crippen molar-refractivity contribution in [2.45, 2.75) is 19.4 Å². The smallest absolute Gasteiger partial charge is 0.302 e. The number of aromatic nitrogens is 1. The van der Waals surface area contributed by atoms with Crippen molar-refractivity contribution in [3.05, 3.63) is 66.4 Å². The van der Waals surface area contributed by atoms with Crippen LogP contribution in [0.25, 0.3) is 11.3 Å². The third kappa shape index (κ3) is 3.69. The van der Waals surface area contributed by atoms with Gasteiger partial charge in [-0.3, -0.25) is 19.9 Å². The Hall–Kier alpha value is -3.88. The fourth-order valence-corrected chi connectivity index (χ4v) is 3.14. The van der Waals surface area contributed by atoms with Gasteiger partial charge < -0.3 is 4.42 Å². The Kier molecular flexibility index (Phi) is 5.09. The molecule has 0 saturated heterocycles. The minimum Gasteiger partial charge on any atom is -0.431 e. The predicted octanol–water partition coefficient (Wildman–Crippen LogP) is 3.78. The van der Waals surface area contributed by atoms with Crippen molar-refractivity contribution in [1.29, 1.82) is 0 Å². The molecule has 0 aliphatic carbocycles. The second-order valence-corrected chi connectivity index (χ2v) is 6.65. The summed E-state index contributed by atoms with van der Waals surface area (Å²) in [4.78, 5) is 28.6. The predicted molar refractivity (Wildman–Crippen MR) is 106 cm³/mol. The third-order valence-corrected chi connectivity index (χ3v) is 4.61. The van der Waals surface area contributed by atoms with E-state index in [-0.39, 0.29) is 35.2 Å². The van der Waals surface area contributed by atoms with Gasteiger partial charge in [0.25, 0.3) is 5.91 Å². The molecular formula is C21H16F2N4O3. The topological polar surface area (TPSA) is 87.8 Å². The summed E-state index contributed by atoms with van der Waals surface area (Å²) >= 11 is 0. The van der Waals surface area contributed by atoms with E-state index in [2.05, 4.69) is 15.4 Å². The number of nitrogens with one attached hydrogen (secondary N) is 1. The number of benzene rings is 2. The zero-order valence-electron chi connectivity index (χ0n) is 15.8. The first kappa shape index (κ1) is 19.4. The van der Waals surface area contributed by atoms with Crippen LogP contribution in [0.5, 0.6) is 0 Å². The van der Waals surface area contributed by atoms with Crippen LogP contribution in [0, 0.1) is 11.6 Å². The van der Waals surface area contributed by atoms with Crippen molar-refractivity contribution < 1.29 is 22.8 Å². The van der Waals surface area contributed by atoms with E-state index >= 15 is 0 Å². The maximum absolute atomic E-state index is 13.9. The Balaban J connectivity index is 1.55.